The molecule has 0 heterocycles. The third-order valence-electron chi connectivity index (χ3n) is 4.61. The highest BCUT2D eigenvalue weighted by Crippen LogP contribution is 2.21. The van der Waals surface area contributed by atoms with Crippen LogP contribution in [0.2, 0.25) is 0 Å². The first-order valence-corrected chi connectivity index (χ1v) is 10.8. The lowest BCUT2D eigenvalue weighted by Gasteiger charge is -2.28. The Morgan fingerprint density at radius 1 is 1.10 bits per heavy atom. The van der Waals surface area contributed by atoms with Crippen LogP contribution in [0.15, 0.2) is 53.4 Å². The molecule has 0 radical (unpaired) electrons. The van der Waals surface area contributed by atoms with Gasteiger partial charge in [0.15, 0.2) is 0 Å². The van der Waals surface area contributed by atoms with Crippen molar-refractivity contribution in [1.82, 2.24) is 10.2 Å². The van der Waals surface area contributed by atoms with Gasteiger partial charge in [0.1, 0.15) is 11.8 Å². The van der Waals surface area contributed by atoms with Gasteiger partial charge in [-0.1, -0.05) is 36.8 Å². The van der Waals surface area contributed by atoms with Gasteiger partial charge in [0, 0.05) is 18.0 Å². The fourth-order valence-electron chi connectivity index (χ4n) is 2.77. The molecule has 29 heavy (non-hydrogen) atoms. The van der Waals surface area contributed by atoms with E-state index in [1.165, 1.54) is 17.3 Å². The summed E-state index contributed by atoms with van der Waals surface area (Å²) in [6.07, 6.45) is 0.855. The molecule has 0 saturated carbocycles. The summed E-state index contributed by atoms with van der Waals surface area (Å²) < 4.78 is 5.20. The maximum absolute atomic E-state index is 13.0. The monoisotopic (exact) mass is 414 g/mol. The highest BCUT2D eigenvalue weighted by atomic mass is 32.2. The molecule has 0 unspecified atom stereocenters. The molecule has 5 nitrogen and oxygen atoms in total. The molecule has 0 fully saturated rings. The maximum atomic E-state index is 13.0. The Bertz CT molecular complexity index is 791. The number of aryl methyl sites for hydroxylation is 1. The van der Waals surface area contributed by atoms with Crippen LogP contribution in [0.1, 0.15) is 31.4 Å². The second-order valence-corrected chi connectivity index (χ2v) is 7.99. The van der Waals surface area contributed by atoms with E-state index in [1.54, 1.807) is 18.9 Å². The summed E-state index contributed by atoms with van der Waals surface area (Å²) in [5.74, 6) is 0.847. The molecule has 1 atom stereocenters. The van der Waals surface area contributed by atoms with Crippen LogP contribution in [0.3, 0.4) is 0 Å². The number of amides is 2. The van der Waals surface area contributed by atoms with E-state index in [9.17, 15) is 9.59 Å². The normalized spacial score (nSPS) is 11.6. The molecule has 2 rings (SSSR count). The number of nitrogens with zero attached hydrogens (tertiary/aromatic N) is 1. The third-order valence-corrected chi connectivity index (χ3v) is 5.61. The van der Waals surface area contributed by atoms with Crippen LogP contribution in [0, 0.1) is 6.92 Å². The van der Waals surface area contributed by atoms with Gasteiger partial charge in [-0.3, -0.25) is 9.59 Å². The minimum absolute atomic E-state index is 0.0643. The lowest BCUT2D eigenvalue weighted by Crippen LogP contribution is -2.48. The molecule has 0 aliphatic heterocycles. The lowest BCUT2D eigenvalue weighted by atomic mass is 10.1. The summed E-state index contributed by atoms with van der Waals surface area (Å²) in [6, 6.07) is 15.1. The smallest absolute Gasteiger partial charge is 0.242 e. The summed E-state index contributed by atoms with van der Waals surface area (Å²) in [5.41, 5.74) is 2.14. The molecule has 6 heteroatoms. The Kier molecular flexibility index (Phi) is 9.06. The van der Waals surface area contributed by atoms with Gasteiger partial charge in [-0.25, -0.2) is 0 Å². The van der Waals surface area contributed by atoms with E-state index in [4.69, 9.17) is 4.74 Å². The standard InChI is InChI=1S/C23H30N2O3S/c1-5-14-24-23(27)18(3)25(15-19-8-10-20(28-4)11-9-19)22(26)16-29-21-12-6-17(2)7-13-21/h6-13,18H,5,14-16H2,1-4H3,(H,24,27)/t18-/m0/s1. The minimum atomic E-state index is -0.547. The number of carbonyl (C=O) groups is 2. The molecule has 0 aliphatic carbocycles. The van der Waals surface area contributed by atoms with Gasteiger partial charge < -0.3 is 15.0 Å². The maximum Gasteiger partial charge on any atom is 0.242 e. The fourth-order valence-corrected chi connectivity index (χ4v) is 3.55. The Labute approximate surface area is 177 Å². The topological polar surface area (TPSA) is 58.6 Å². The third kappa shape index (κ3) is 7.13. The molecule has 1 N–H and O–H groups in total. The number of benzene rings is 2. The van der Waals surface area contributed by atoms with Crippen LogP contribution in [-0.2, 0) is 16.1 Å². The van der Waals surface area contributed by atoms with Gasteiger partial charge in [0.25, 0.3) is 0 Å². The van der Waals surface area contributed by atoms with E-state index in [-0.39, 0.29) is 17.6 Å². The summed E-state index contributed by atoms with van der Waals surface area (Å²) in [4.78, 5) is 28.2. The number of ether oxygens (including phenoxy) is 1. The van der Waals surface area contributed by atoms with Crippen LogP contribution in [0.4, 0.5) is 0 Å². The van der Waals surface area contributed by atoms with Crippen LogP contribution in [-0.4, -0.2) is 42.2 Å². The molecule has 2 amide bonds. The van der Waals surface area contributed by atoms with Gasteiger partial charge in [-0.15, -0.1) is 11.8 Å². The van der Waals surface area contributed by atoms with Crippen molar-refractivity contribution in [2.45, 2.75) is 44.7 Å². The van der Waals surface area contributed by atoms with Crippen LogP contribution < -0.4 is 10.1 Å². The average Bonchev–Trinajstić information content (AvgIpc) is 2.75. The molecular weight excluding hydrogens is 384 g/mol. The van der Waals surface area contributed by atoms with Crippen LogP contribution >= 0.6 is 11.8 Å². The highest BCUT2D eigenvalue weighted by molar-refractivity contribution is 8.00. The number of methoxy groups -OCH3 is 1. The number of thioether (sulfide) groups is 1. The highest BCUT2D eigenvalue weighted by Gasteiger charge is 2.25. The molecule has 2 aromatic rings. The second kappa shape index (κ2) is 11.5. The Morgan fingerprint density at radius 2 is 1.76 bits per heavy atom. The van der Waals surface area contributed by atoms with E-state index in [0.29, 0.717) is 13.1 Å². The van der Waals surface area contributed by atoms with Crippen molar-refractivity contribution in [2.75, 3.05) is 19.4 Å². The van der Waals surface area contributed by atoms with Crippen molar-refractivity contribution in [1.29, 1.82) is 0 Å². The van der Waals surface area contributed by atoms with Gasteiger partial charge >= 0.3 is 0 Å². The van der Waals surface area contributed by atoms with Crippen molar-refractivity contribution in [3.05, 3.63) is 59.7 Å². The van der Waals surface area contributed by atoms with Crippen LogP contribution in [0.25, 0.3) is 0 Å². The molecule has 156 valence electrons. The first-order valence-electron chi connectivity index (χ1n) is 9.84. The van der Waals surface area contributed by atoms with E-state index >= 15 is 0 Å². The molecule has 0 bridgehead atoms. The van der Waals surface area contributed by atoms with Gasteiger partial charge in [0.05, 0.1) is 12.9 Å². The van der Waals surface area contributed by atoms with Crippen molar-refractivity contribution in [2.24, 2.45) is 0 Å². The Morgan fingerprint density at radius 3 is 2.34 bits per heavy atom. The largest absolute Gasteiger partial charge is 0.497 e. The molecule has 2 aromatic carbocycles. The molecule has 0 aliphatic rings. The minimum Gasteiger partial charge on any atom is -0.497 e. The number of nitrogens with one attached hydrogen (secondary N) is 1. The van der Waals surface area contributed by atoms with Gasteiger partial charge in [-0.05, 0) is 50.1 Å². The second-order valence-electron chi connectivity index (χ2n) is 6.94. The SMILES string of the molecule is CCCNC(=O)[C@H](C)N(Cc1ccc(OC)cc1)C(=O)CSc1ccc(C)cc1. The first-order chi connectivity index (χ1) is 13.9. The first kappa shape index (κ1) is 22.8. The number of hydrogen-bond donors (Lipinski definition) is 1. The molecular formula is C23H30N2O3S. The predicted octanol–water partition coefficient (Wildman–Crippen LogP) is 4.04. The van der Waals surface area contributed by atoms with Crippen molar-refractivity contribution >= 4 is 23.6 Å². The van der Waals surface area contributed by atoms with Crippen molar-refractivity contribution in [3.8, 4) is 5.75 Å². The summed E-state index contributed by atoms with van der Waals surface area (Å²) in [5, 5.41) is 2.89. The van der Waals surface area contributed by atoms with Gasteiger partial charge in [-0.2, -0.15) is 0 Å². The quantitative estimate of drug-likeness (QED) is 0.596. The zero-order valence-corrected chi connectivity index (χ0v) is 18.4. The van der Waals surface area contributed by atoms with E-state index in [2.05, 4.69) is 5.32 Å². The van der Waals surface area contributed by atoms with Crippen molar-refractivity contribution in [3.63, 3.8) is 0 Å². The van der Waals surface area contributed by atoms with E-state index in [0.717, 1.165) is 22.6 Å². The number of rotatable bonds is 10. The van der Waals surface area contributed by atoms with Crippen LogP contribution in [0.5, 0.6) is 5.75 Å². The molecule has 0 saturated heterocycles. The lowest BCUT2D eigenvalue weighted by molar-refractivity contribution is -0.138. The summed E-state index contributed by atoms with van der Waals surface area (Å²) >= 11 is 1.49. The number of carbonyl (C=O) groups excluding carboxylic acids is 2. The van der Waals surface area contributed by atoms with Gasteiger partial charge in [0.2, 0.25) is 11.8 Å². The summed E-state index contributed by atoms with van der Waals surface area (Å²) in [7, 11) is 1.62. The Hall–Kier alpha value is -2.47. The molecule has 0 aromatic heterocycles. The van der Waals surface area contributed by atoms with Crippen molar-refractivity contribution < 1.29 is 14.3 Å². The Balaban J connectivity index is 2.11. The average molecular weight is 415 g/mol. The molecule has 0 spiro atoms. The zero-order chi connectivity index (χ0) is 21.2. The number of hydrogen-bond acceptors (Lipinski definition) is 4. The zero-order valence-electron chi connectivity index (χ0n) is 17.6. The predicted molar refractivity (Wildman–Crippen MR) is 118 cm³/mol. The summed E-state index contributed by atoms with van der Waals surface area (Å²) in [6.45, 7) is 6.79. The van der Waals surface area contributed by atoms with E-state index < -0.39 is 6.04 Å². The fraction of sp³-hybridized carbons (Fsp3) is 0.391. The van der Waals surface area contributed by atoms with E-state index in [1.807, 2.05) is 62.4 Å².